The fourth-order valence-corrected chi connectivity index (χ4v) is 2.34. The molecule has 2 heterocycles. The second-order valence-corrected chi connectivity index (χ2v) is 4.90. The molecule has 1 fully saturated rings. The number of hydrogen-bond acceptors (Lipinski definition) is 6. The fraction of sp³-hybridized carbons (Fsp3) is 0.353. The number of fused-ring (bicyclic) bond motifs is 1. The average Bonchev–Trinajstić information content (AvgIpc) is 3.16. The molecule has 2 aliphatic heterocycles. The van der Waals surface area contributed by atoms with E-state index in [0.29, 0.717) is 11.3 Å². The molecule has 0 radical (unpaired) electrons. The van der Waals surface area contributed by atoms with E-state index < -0.39 is 18.1 Å². The Kier molecular flexibility index (Phi) is 7.94. The van der Waals surface area contributed by atoms with E-state index in [1.807, 2.05) is 13.8 Å². The Morgan fingerprint density at radius 1 is 1.31 bits per heavy atom. The van der Waals surface area contributed by atoms with Crippen LogP contribution in [0.3, 0.4) is 0 Å². The molecule has 26 heavy (non-hydrogen) atoms. The lowest BCUT2D eigenvalue weighted by molar-refractivity contribution is -0.123. The second kappa shape index (κ2) is 9.92. The van der Waals surface area contributed by atoms with Crippen LogP contribution >= 0.6 is 0 Å². The molecule has 0 aromatic heterocycles. The van der Waals surface area contributed by atoms with Crippen LogP contribution in [0.25, 0.3) is 0 Å². The molecule has 2 aliphatic rings. The monoisotopic (exact) mass is 361 g/mol. The van der Waals surface area contributed by atoms with Gasteiger partial charge in [-0.1, -0.05) is 19.9 Å². The number of hydrogen-bond donors (Lipinski definition) is 3. The van der Waals surface area contributed by atoms with Gasteiger partial charge in [0.15, 0.2) is 6.17 Å². The SMILES string of the molecule is CC.CN=CC=N.COc1ccc2c(c1)C(=O)N(C1NC(=O)NC1=O)C2. The number of nitrogens with one attached hydrogen (secondary N) is 3. The molecule has 9 nitrogen and oxygen atoms in total. The van der Waals surface area contributed by atoms with Crippen LogP contribution in [0.4, 0.5) is 4.79 Å². The van der Waals surface area contributed by atoms with Gasteiger partial charge in [-0.2, -0.15) is 0 Å². The lowest BCUT2D eigenvalue weighted by Crippen LogP contribution is -2.46. The zero-order valence-electron chi connectivity index (χ0n) is 15.2. The van der Waals surface area contributed by atoms with Crippen LogP contribution in [0.15, 0.2) is 23.2 Å². The molecule has 140 valence electrons. The van der Waals surface area contributed by atoms with Gasteiger partial charge in [0.1, 0.15) is 5.75 Å². The van der Waals surface area contributed by atoms with Gasteiger partial charge in [0.25, 0.3) is 11.8 Å². The van der Waals surface area contributed by atoms with Crippen molar-refractivity contribution in [2.75, 3.05) is 14.2 Å². The van der Waals surface area contributed by atoms with Gasteiger partial charge < -0.3 is 20.4 Å². The van der Waals surface area contributed by atoms with E-state index in [9.17, 15) is 14.4 Å². The maximum atomic E-state index is 12.2. The highest BCUT2D eigenvalue weighted by Crippen LogP contribution is 2.28. The van der Waals surface area contributed by atoms with Crippen molar-refractivity contribution >= 4 is 30.3 Å². The zero-order chi connectivity index (χ0) is 19.7. The number of imide groups is 1. The standard InChI is InChI=1S/C12H11N3O4.C3H6N2.C2H6/c1-19-7-3-2-6-5-15(11(17)8(6)4-7)9-10(16)14-12(18)13-9;1-5-3-2-4;1-2/h2-4,9H,5H2,1H3,(H2,13,14,16,18);2-4H,1H3;1-2H3. The van der Waals surface area contributed by atoms with Crippen LogP contribution < -0.4 is 15.4 Å². The summed E-state index contributed by atoms with van der Waals surface area (Å²) in [5.41, 5.74) is 1.30. The highest BCUT2D eigenvalue weighted by atomic mass is 16.5. The van der Waals surface area contributed by atoms with Crippen LogP contribution in [0.2, 0.25) is 0 Å². The number of urea groups is 1. The number of aliphatic imine (C=N–C) groups is 1. The third kappa shape index (κ3) is 4.65. The van der Waals surface area contributed by atoms with Crippen molar-refractivity contribution in [3.63, 3.8) is 0 Å². The predicted octanol–water partition coefficient (Wildman–Crippen LogP) is 1.18. The van der Waals surface area contributed by atoms with E-state index >= 15 is 0 Å². The maximum absolute atomic E-state index is 12.2. The minimum absolute atomic E-state index is 0.288. The Balaban J connectivity index is 0.000000420. The first-order chi connectivity index (χ1) is 12.5. The summed E-state index contributed by atoms with van der Waals surface area (Å²) in [5.74, 6) is -0.233. The van der Waals surface area contributed by atoms with Crippen LogP contribution in [0, 0.1) is 5.41 Å². The van der Waals surface area contributed by atoms with Gasteiger partial charge in [-0.05, 0) is 17.7 Å². The van der Waals surface area contributed by atoms with E-state index in [-0.39, 0.29) is 12.5 Å². The maximum Gasteiger partial charge on any atom is 0.323 e. The zero-order valence-corrected chi connectivity index (χ0v) is 15.2. The molecule has 0 aliphatic carbocycles. The van der Waals surface area contributed by atoms with Crippen LogP contribution in [0.5, 0.6) is 5.75 Å². The summed E-state index contributed by atoms with van der Waals surface area (Å²) in [6.07, 6.45) is 1.61. The van der Waals surface area contributed by atoms with Crippen molar-refractivity contribution < 1.29 is 19.1 Å². The highest BCUT2D eigenvalue weighted by Gasteiger charge is 2.41. The van der Waals surface area contributed by atoms with Crippen molar-refractivity contribution in [2.45, 2.75) is 26.6 Å². The third-order valence-electron chi connectivity index (χ3n) is 3.44. The summed E-state index contributed by atoms with van der Waals surface area (Å²) in [6, 6.07) is 4.58. The average molecular weight is 361 g/mol. The molecule has 1 saturated heterocycles. The van der Waals surface area contributed by atoms with Gasteiger partial charge in [0.05, 0.1) is 7.11 Å². The molecule has 3 rings (SSSR count). The third-order valence-corrected chi connectivity index (χ3v) is 3.44. The Morgan fingerprint density at radius 3 is 2.46 bits per heavy atom. The van der Waals surface area contributed by atoms with Gasteiger partial charge in [0, 0.05) is 31.6 Å². The topological polar surface area (TPSA) is 124 Å². The Bertz CT molecular complexity index is 717. The number of benzene rings is 1. The van der Waals surface area contributed by atoms with Crippen molar-refractivity contribution in [1.82, 2.24) is 15.5 Å². The van der Waals surface area contributed by atoms with Crippen LogP contribution in [0.1, 0.15) is 29.8 Å². The minimum Gasteiger partial charge on any atom is -0.497 e. The number of nitrogens with zero attached hydrogens (tertiary/aromatic N) is 2. The molecule has 1 atom stereocenters. The van der Waals surface area contributed by atoms with Gasteiger partial charge in [-0.25, -0.2) is 4.79 Å². The molecule has 9 heteroatoms. The Labute approximate surface area is 151 Å². The van der Waals surface area contributed by atoms with Gasteiger partial charge >= 0.3 is 6.03 Å². The molecule has 0 saturated carbocycles. The summed E-state index contributed by atoms with van der Waals surface area (Å²) in [7, 11) is 3.15. The van der Waals surface area contributed by atoms with Crippen molar-refractivity contribution in [1.29, 1.82) is 5.41 Å². The van der Waals surface area contributed by atoms with Gasteiger partial charge in [-0.15, -0.1) is 0 Å². The molecule has 1 unspecified atom stereocenters. The minimum atomic E-state index is -0.946. The first kappa shape index (κ1) is 20.8. The Morgan fingerprint density at radius 2 is 2.00 bits per heavy atom. The molecule has 0 bridgehead atoms. The lowest BCUT2D eigenvalue weighted by atomic mass is 10.1. The van der Waals surface area contributed by atoms with E-state index in [0.717, 1.165) is 11.8 Å². The summed E-state index contributed by atoms with van der Waals surface area (Å²) in [6.45, 7) is 4.29. The fourth-order valence-electron chi connectivity index (χ4n) is 2.34. The van der Waals surface area contributed by atoms with E-state index in [1.54, 1.807) is 25.2 Å². The molecule has 4 amide bonds. The smallest absolute Gasteiger partial charge is 0.323 e. The largest absolute Gasteiger partial charge is 0.497 e. The molecule has 3 N–H and O–H groups in total. The summed E-state index contributed by atoms with van der Waals surface area (Å²) in [5, 5.41) is 10.8. The molecule has 0 spiro atoms. The van der Waals surface area contributed by atoms with E-state index in [4.69, 9.17) is 10.1 Å². The molecular formula is C17H23N5O4. The van der Waals surface area contributed by atoms with Crippen LogP contribution in [-0.2, 0) is 11.3 Å². The first-order valence-corrected chi connectivity index (χ1v) is 8.02. The van der Waals surface area contributed by atoms with E-state index in [1.165, 1.54) is 18.2 Å². The lowest BCUT2D eigenvalue weighted by Gasteiger charge is -2.20. The number of methoxy groups -OCH3 is 1. The number of carbonyl (C=O) groups excluding carboxylic acids is 3. The molecular weight excluding hydrogens is 338 g/mol. The highest BCUT2D eigenvalue weighted by molar-refractivity contribution is 6.14. The normalized spacial score (nSPS) is 17.5. The van der Waals surface area contributed by atoms with Gasteiger partial charge in [-0.3, -0.25) is 19.9 Å². The number of carbonyl (C=O) groups is 3. The van der Waals surface area contributed by atoms with Crippen molar-refractivity contribution in [2.24, 2.45) is 4.99 Å². The van der Waals surface area contributed by atoms with Crippen molar-refractivity contribution in [3.05, 3.63) is 29.3 Å². The summed E-state index contributed by atoms with van der Waals surface area (Å²) in [4.78, 5) is 39.7. The predicted molar refractivity (Wildman–Crippen MR) is 97.9 cm³/mol. The van der Waals surface area contributed by atoms with Gasteiger partial charge in [0.2, 0.25) is 0 Å². The second-order valence-electron chi connectivity index (χ2n) is 4.90. The number of rotatable bonds is 3. The number of amides is 4. The Hall–Kier alpha value is -3.23. The summed E-state index contributed by atoms with van der Waals surface area (Å²) < 4.78 is 5.07. The summed E-state index contributed by atoms with van der Waals surface area (Å²) >= 11 is 0. The van der Waals surface area contributed by atoms with Crippen LogP contribution in [-0.4, -0.2) is 55.5 Å². The molecule has 1 aromatic rings. The van der Waals surface area contributed by atoms with Crippen molar-refractivity contribution in [3.8, 4) is 5.75 Å². The number of ether oxygens (including phenoxy) is 1. The van der Waals surface area contributed by atoms with E-state index in [2.05, 4.69) is 15.6 Å². The first-order valence-electron chi connectivity index (χ1n) is 8.02. The quantitative estimate of drug-likeness (QED) is 0.552. The molecule has 1 aromatic carbocycles.